The molecule has 3 aromatic carbocycles. The van der Waals surface area contributed by atoms with Crippen LogP contribution in [-0.2, 0) is 27.4 Å². The maximum Gasteiger partial charge on any atom is 0.324 e. The number of halogens is 1. The van der Waals surface area contributed by atoms with E-state index < -0.39 is 16.8 Å². The second kappa shape index (κ2) is 11.5. The molecule has 3 aromatic rings. The molecular weight excluding hydrogens is 542 g/mol. The average Bonchev–Trinajstić information content (AvgIpc) is 3.39. The molecule has 3 heterocycles. The number of likely N-dealkylation sites (tertiary alicyclic amines) is 1. The van der Waals surface area contributed by atoms with E-state index in [4.69, 9.17) is 11.6 Å². The van der Waals surface area contributed by atoms with Crippen LogP contribution in [0.4, 0.5) is 4.79 Å². The molecule has 0 radical (unpaired) electrons. The summed E-state index contributed by atoms with van der Waals surface area (Å²) >= 11 is 6.35. The first-order valence-electron chi connectivity index (χ1n) is 14.0. The molecule has 2 unspecified atom stereocenters. The lowest BCUT2D eigenvalue weighted by atomic mass is 9.74. The number of urea groups is 1. The Kier molecular flexibility index (Phi) is 7.80. The van der Waals surface area contributed by atoms with Crippen LogP contribution in [0.2, 0.25) is 5.02 Å². The van der Waals surface area contributed by atoms with Crippen LogP contribution in [0.5, 0.6) is 0 Å². The van der Waals surface area contributed by atoms with Crippen LogP contribution in [0.15, 0.2) is 83.8 Å². The van der Waals surface area contributed by atoms with Crippen molar-refractivity contribution in [1.29, 1.82) is 0 Å². The van der Waals surface area contributed by atoms with Crippen LogP contribution in [0, 0.1) is 0 Å². The van der Waals surface area contributed by atoms with Crippen molar-refractivity contribution in [2.75, 3.05) is 31.9 Å². The predicted molar refractivity (Wildman–Crippen MR) is 158 cm³/mol. The molecule has 0 saturated carbocycles. The fourth-order valence-electron chi connectivity index (χ4n) is 6.55. The standard InChI is InChI=1S/C32H34ClN3O3S/c33-26-10-6-9-24(20-26)25(21-36-30(37)28(34-31(36)38)19-23-7-2-1-3-8-23)13-16-35-17-14-32(15-18-35)22-40(39)29-12-5-4-11-27(29)32/h1-12,20,25,28H,13-19,21-22H2,(H,34,38)/t25?,28-,40?/m1/s1. The lowest BCUT2D eigenvalue weighted by Crippen LogP contribution is -2.44. The van der Waals surface area contributed by atoms with Crippen molar-refractivity contribution >= 4 is 34.3 Å². The number of carbonyl (C=O) groups excluding carboxylic acids is 2. The molecule has 8 heteroatoms. The van der Waals surface area contributed by atoms with Crippen molar-refractivity contribution in [3.05, 3.63) is 101 Å². The van der Waals surface area contributed by atoms with E-state index in [0.717, 1.165) is 60.7 Å². The van der Waals surface area contributed by atoms with Crippen LogP contribution in [0.25, 0.3) is 0 Å². The predicted octanol–water partition coefficient (Wildman–Crippen LogP) is 5.13. The Labute approximate surface area is 243 Å². The second-order valence-electron chi connectivity index (χ2n) is 11.3. The van der Waals surface area contributed by atoms with Crippen LogP contribution < -0.4 is 5.32 Å². The maximum absolute atomic E-state index is 13.3. The van der Waals surface area contributed by atoms with Crippen LogP contribution in [0.1, 0.15) is 41.9 Å². The van der Waals surface area contributed by atoms with Gasteiger partial charge in [-0.3, -0.25) is 13.9 Å². The summed E-state index contributed by atoms with van der Waals surface area (Å²) in [7, 11) is -0.917. The van der Waals surface area contributed by atoms with Gasteiger partial charge in [-0.15, -0.1) is 0 Å². The van der Waals surface area contributed by atoms with Crippen molar-refractivity contribution in [1.82, 2.24) is 15.1 Å². The molecule has 2 saturated heterocycles. The summed E-state index contributed by atoms with van der Waals surface area (Å²) in [5.74, 6) is 0.523. The number of hydrogen-bond donors (Lipinski definition) is 1. The summed E-state index contributed by atoms with van der Waals surface area (Å²) in [5, 5.41) is 3.54. The molecule has 1 spiro atoms. The monoisotopic (exact) mass is 575 g/mol. The van der Waals surface area contributed by atoms with Gasteiger partial charge in [-0.05, 0) is 73.8 Å². The molecular formula is C32H34ClN3O3S. The molecule has 3 aliphatic rings. The molecule has 208 valence electrons. The van der Waals surface area contributed by atoms with E-state index in [1.54, 1.807) is 0 Å². The number of benzene rings is 3. The lowest BCUT2D eigenvalue weighted by molar-refractivity contribution is -0.127. The van der Waals surface area contributed by atoms with Crippen molar-refractivity contribution in [3.8, 4) is 0 Å². The van der Waals surface area contributed by atoms with Gasteiger partial charge in [-0.2, -0.15) is 0 Å². The SMILES string of the molecule is O=C1N[C@H](Cc2ccccc2)C(=O)N1CC(CCN1CCC2(CC1)CS(=O)c1ccccc12)c1cccc(Cl)c1. The largest absolute Gasteiger partial charge is 0.325 e. The summed E-state index contributed by atoms with van der Waals surface area (Å²) in [5.41, 5.74) is 3.34. The van der Waals surface area contributed by atoms with E-state index in [1.807, 2.05) is 66.7 Å². The number of imide groups is 1. The Hall–Kier alpha value is -3.00. The molecule has 6 rings (SSSR count). The highest BCUT2D eigenvalue weighted by atomic mass is 35.5. The van der Waals surface area contributed by atoms with Crippen LogP contribution in [-0.4, -0.2) is 63.9 Å². The van der Waals surface area contributed by atoms with Gasteiger partial charge in [0, 0.05) is 40.0 Å². The number of nitrogens with zero attached hydrogens (tertiary/aromatic N) is 2. The lowest BCUT2D eigenvalue weighted by Gasteiger charge is -2.40. The number of hydrogen-bond acceptors (Lipinski definition) is 4. The summed E-state index contributed by atoms with van der Waals surface area (Å²) in [6.45, 7) is 3.06. The highest BCUT2D eigenvalue weighted by Gasteiger charge is 2.44. The first kappa shape index (κ1) is 27.2. The molecule has 0 bridgehead atoms. The molecule has 6 nitrogen and oxygen atoms in total. The zero-order chi connectivity index (χ0) is 27.7. The molecule has 0 aliphatic carbocycles. The third-order valence-corrected chi connectivity index (χ3v) is 10.7. The van der Waals surface area contributed by atoms with E-state index in [1.165, 1.54) is 10.5 Å². The molecule has 40 heavy (non-hydrogen) atoms. The Balaban J connectivity index is 1.12. The van der Waals surface area contributed by atoms with Gasteiger partial charge >= 0.3 is 6.03 Å². The molecule has 2 fully saturated rings. The Bertz CT molecular complexity index is 1420. The number of rotatable bonds is 8. The molecule has 3 aliphatic heterocycles. The Morgan fingerprint density at radius 3 is 2.50 bits per heavy atom. The van der Waals surface area contributed by atoms with Crippen molar-refractivity contribution in [3.63, 3.8) is 0 Å². The van der Waals surface area contributed by atoms with E-state index in [9.17, 15) is 13.8 Å². The quantitative estimate of drug-likeness (QED) is 0.378. The summed E-state index contributed by atoms with van der Waals surface area (Å²) in [4.78, 5) is 31.1. The zero-order valence-corrected chi connectivity index (χ0v) is 24.0. The van der Waals surface area contributed by atoms with Crippen molar-refractivity contribution in [2.45, 2.75) is 48.0 Å². The number of carbonyl (C=O) groups is 2. The maximum atomic E-state index is 13.3. The fourth-order valence-corrected chi connectivity index (χ4v) is 8.61. The number of nitrogens with one attached hydrogen (secondary N) is 1. The second-order valence-corrected chi connectivity index (χ2v) is 13.1. The normalized spacial score (nSPS) is 22.9. The minimum Gasteiger partial charge on any atom is -0.325 e. The van der Waals surface area contributed by atoms with E-state index in [0.29, 0.717) is 18.0 Å². The zero-order valence-electron chi connectivity index (χ0n) is 22.4. The van der Waals surface area contributed by atoms with Crippen molar-refractivity contribution in [2.24, 2.45) is 0 Å². The van der Waals surface area contributed by atoms with Crippen LogP contribution in [0.3, 0.4) is 0 Å². The van der Waals surface area contributed by atoms with Crippen molar-refractivity contribution < 1.29 is 13.8 Å². The van der Waals surface area contributed by atoms with E-state index >= 15 is 0 Å². The smallest absolute Gasteiger partial charge is 0.324 e. The molecule has 1 N–H and O–H groups in total. The first-order chi connectivity index (χ1) is 19.4. The topological polar surface area (TPSA) is 69.7 Å². The van der Waals surface area contributed by atoms with Gasteiger partial charge < -0.3 is 10.2 Å². The number of fused-ring (bicyclic) bond motifs is 2. The van der Waals surface area contributed by atoms with E-state index in [2.05, 4.69) is 22.3 Å². The summed E-state index contributed by atoms with van der Waals surface area (Å²) < 4.78 is 12.8. The van der Waals surface area contributed by atoms with Gasteiger partial charge in [0.05, 0.1) is 10.8 Å². The Morgan fingerprint density at radius 1 is 0.975 bits per heavy atom. The van der Waals surface area contributed by atoms with E-state index in [-0.39, 0.29) is 23.3 Å². The van der Waals surface area contributed by atoms with Gasteiger partial charge in [0.1, 0.15) is 6.04 Å². The average molecular weight is 576 g/mol. The third-order valence-electron chi connectivity index (χ3n) is 8.83. The van der Waals surface area contributed by atoms with Gasteiger partial charge in [0.15, 0.2) is 0 Å². The minimum absolute atomic E-state index is 0.0120. The van der Waals surface area contributed by atoms with Gasteiger partial charge in [-0.1, -0.05) is 72.3 Å². The highest BCUT2D eigenvalue weighted by molar-refractivity contribution is 7.85. The Morgan fingerprint density at radius 2 is 1.73 bits per heavy atom. The van der Waals surface area contributed by atoms with Crippen LogP contribution >= 0.6 is 11.6 Å². The van der Waals surface area contributed by atoms with Gasteiger partial charge in [0.25, 0.3) is 5.91 Å². The number of amides is 3. The summed E-state index contributed by atoms with van der Waals surface area (Å²) in [6.07, 6.45) is 3.26. The first-order valence-corrected chi connectivity index (χ1v) is 15.7. The number of piperidine rings is 1. The molecule has 3 amide bonds. The van der Waals surface area contributed by atoms with Gasteiger partial charge in [0.2, 0.25) is 0 Å². The molecule has 3 atom stereocenters. The summed E-state index contributed by atoms with van der Waals surface area (Å²) in [6, 6.07) is 24.9. The molecule has 0 aromatic heterocycles. The van der Waals surface area contributed by atoms with Gasteiger partial charge in [-0.25, -0.2) is 4.79 Å². The minimum atomic E-state index is -0.917. The third kappa shape index (κ3) is 5.47. The highest BCUT2D eigenvalue weighted by Crippen LogP contribution is 2.45. The fraction of sp³-hybridized carbons (Fsp3) is 0.375.